The van der Waals surface area contributed by atoms with Gasteiger partial charge in [-0.1, -0.05) is 26.7 Å². The molecule has 3 nitrogen and oxygen atoms in total. The molecule has 0 aliphatic rings. The smallest absolute Gasteiger partial charge is 0.162 e. The summed E-state index contributed by atoms with van der Waals surface area (Å²) < 4.78 is 8.00. The zero-order chi connectivity index (χ0) is 14.5. The molecule has 0 aromatic carbocycles. The van der Waals surface area contributed by atoms with Gasteiger partial charge in [-0.15, -0.1) is 0 Å². The average molecular weight is 284 g/mol. The van der Waals surface area contributed by atoms with Gasteiger partial charge in [0.15, 0.2) is 5.75 Å². The molecule has 0 bridgehead atoms. The molecule has 1 aromatic rings. The fraction of sp³-hybridized carbons (Fsp3) is 0.800. The number of hydrogen-bond donors (Lipinski definition) is 1. The van der Waals surface area contributed by atoms with Crippen molar-refractivity contribution in [1.29, 1.82) is 0 Å². The topological polar surface area (TPSA) is 27.1 Å². The molecule has 4 heteroatoms. The molecule has 0 amide bonds. The van der Waals surface area contributed by atoms with Crippen LogP contribution in [0.25, 0.3) is 0 Å². The Morgan fingerprint density at radius 2 is 1.79 bits per heavy atom. The number of nitrogens with zero attached hydrogens (tertiary/aromatic N) is 2. The van der Waals surface area contributed by atoms with E-state index in [1.54, 1.807) is 0 Å². The second-order valence-corrected chi connectivity index (χ2v) is 5.89. The van der Waals surface area contributed by atoms with Crippen LogP contribution in [0.2, 0.25) is 0 Å². The molecule has 0 fully saturated rings. The summed E-state index contributed by atoms with van der Waals surface area (Å²) in [6.45, 7) is 9.26. The Hall–Kier alpha value is -0.640. The summed E-state index contributed by atoms with van der Waals surface area (Å²) in [6, 6.07) is 0. The fourth-order valence-electron chi connectivity index (χ4n) is 2.72. The van der Waals surface area contributed by atoms with Crippen LogP contribution in [-0.2, 0) is 7.05 Å². The van der Waals surface area contributed by atoms with E-state index in [-0.39, 0.29) is 5.41 Å². The summed E-state index contributed by atoms with van der Waals surface area (Å²) in [4.78, 5) is 0. The first-order valence-electron chi connectivity index (χ1n) is 7.23. The van der Waals surface area contributed by atoms with Gasteiger partial charge in [0.05, 0.1) is 12.3 Å². The zero-order valence-corrected chi connectivity index (χ0v) is 13.9. The lowest BCUT2D eigenvalue weighted by atomic mass is 9.82. The lowest BCUT2D eigenvalue weighted by Crippen LogP contribution is -2.30. The average Bonchev–Trinajstić information content (AvgIpc) is 2.61. The van der Waals surface area contributed by atoms with E-state index in [2.05, 4.69) is 38.5 Å². The highest BCUT2D eigenvalue weighted by Gasteiger charge is 2.28. The first kappa shape index (κ1) is 16.4. The quantitative estimate of drug-likeness (QED) is 0.732. The predicted molar refractivity (Wildman–Crippen MR) is 84.3 cm³/mol. The molecule has 0 atom stereocenters. The van der Waals surface area contributed by atoms with Gasteiger partial charge in [0.2, 0.25) is 0 Å². The van der Waals surface area contributed by atoms with Gasteiger partial charge in [0.1, 0.15) is 5.69 Å². The van der Waals surface area contributed by atoms with Crippen LogP contribution in [0.4, 0.5) is 0 Å². The minimum Gasteiger partial charge on any atom is -0.489 e. The molecule has 0 saturated heterocycles. The van der Waals surface area contributed by atoms with Crippen LogP contribution in [0.3, 0.4) is 0 Å². The largest absolute Gasteiger partial charge is 0.489 e. The summed E-state index contributed by atoms with van der Waals surface area (Å²) in [6.07, 6.45) is 4.69. The SMILES string of the molecule is CCCC(CS)(CCC)COc1c(C)nn(C)c1C. The van der Waals surface area contributed by atoms with Gasteiger partial charge in [-0.05, 0) is 32.4 Å². The summed E-state index contributed by atoms with van der Waals surface area (Å²) in [5.41, 5.74) is 2.26. The zero-order valence-electron chi connectivity index (χ0n) is 13.0. The second-order valence-electron chi connectivity index (χ2n) is 5.57. The molecule has 0 unspecified atom stereocenters. The highest BCUT2D eigenvalue weighted by Crippen LogP contribution is 2.33. The normalized spacial score (nSPS) is 11.9. The number of aryl methyl sites for hydroxylation is 2. The van der Waals surface area contributed by atoms with Gasteiger partial charge < -0.3 is 4.74 Å². The van der Waals surface area contributed by atoms with Crippen LogP contribution < -0.4 is 4.74 Å². The minimum atomic E-state index is 0.196. The molecule has 19 heavy (non-hydrogen) atoms. The molecule has 110 valence electrons. The van der Waals surface area contributed by atoms with Crippen molar-refractivity contribution in [2.24, 2.45) is 12.5 Å². The molecule has 0 N–H and O–H groups in total. The van der Waals surface area contributed by atoms with Gasteiger partial charge >= 0.3 is 0 Å². The van der Waals surface area contributed by atoms with Gasteiger partial charge in [-0.2, -0.15) is 17.7 Å². The molecule has 0 spiro atoms. The van der Waals surface area contributed by atoms with Crippen molar-refractivity contribution in [2.45, 2.75) is 53.4 Å². The van der Waals surface area contributed by atoms with Crippen molar-refractivity contribution in [1.82, 2.24) is 9.78 Å². The molecule has 0 aliphatic carbocycles. The molecule has 0 aliphatic heterocycles. The van der Waals surface area contributed by atoms with E-state index in [9.17, 15) is 0 Å². The van der Waals surface area contributed by atoms with Gasteiger partial charge in [-0.3, -0.25) is 4.68 Å². The molecule has 0 radical (unpaired) electrons. The van der Waals surface area contributed by atoms with E-state index in [0.717, 1.165) is 29.5 Å². The summed E-state index contributed by atoms with van der Waals surface area (Å²) in [5, 5.41) is 4.40. The van der Waals surface area contributed by atoms with Crippen molar-refractivity contribution in [3.8, 4) is 5.75 Å². The van der Waals surface area contributed by atoms with Gasteiger partial charge in [-0.25, -0.2) is 0 Å². The van der Waals surface area contributed by atoms with Crippen molar-refractivity contribution < 1.29 is 4.74 Å². The van der Waals surface area contributed by atoms with Crippen LogP contribution in [0.1, 0.15) is 50.9 Å². The van der Waals surface area contributed by atoms with Crippen molar-refractivity contribution in [2.75, 3.05) is 12.4 Å². The third-order valence-electron chi connectivity index (χ3n) is 3.86. The Morgan fingerprint density at radius 1 is 1.21 bits per heavy atom. The number of hydrogen-bond acceptors (Lipinski definition) is 3. The van der Waals surface area contributed by atoms with Gasteiger partial charge in [0.25, 0.3) is 0 Å². The first-order valence-corrected chi connectivity index (χ1v) is 7.86. The number of aromatic nitrogens is 2. The number of thiol groups is 1. The molecular formula is C15H28N2OS. The predicted octanol–water partition coefficient (Wildman–Crippen LogP) is 3.93. The molecule has 0 saturated carbocycles. The van der Waals surface area contributed by atoms with Crippen molar-refractivity contribution in [3.63, 3.8) is 0 Å². The van der Waals surface area contributed by atoms with Crippen molar-refractivity contribution >= 4 is 12.6 Å². The Morgan fingerprint density at radius 3 is 2.16 bits per heavy atom. The maximum Gasteiger partial charge on any atom is 0.162 e. The Labute approximate surface area is 123 Å². The monoisotopic (exact) mass is 284 g/mol. The van der Waals surface area contributed by atoms with Gasteiger partial charge in [0, 0.05) is 12.5 Å². The third-order valence-corrected chi connectivity index (χ3v) is 4.53. The molecule has 1 rings (SSSR count). The highest BCUT2D eigenvalue weighted by molar-refractivity contribution is 7.80. The highest BCUT2D eigenvalue weighted by atomic mass is 32.1. The maximum absolute atomic E-state index is 6.12. The second kappa shape index (κ2) is 7.22. The van der Waals surface area contributed by atoms with E-state index in [0.29, 0.717) is 0 Å². The van der Waals surface area contributed by atoms with Crippen LogP contribution in [0.5, 0.6) is 5.75 Å². The summed E-state index contributed by atoms with van der Waals surface area (Å²) >= 11 is 4.57. The standard InChI is InChI=1S/C15H28N2OS/c1-6-8-15(11-19,9-7-2)10-18-14-12(3)16-17(5)13(14)4/h19H,6-11H2,1-5H3. The van der Waals surface area contributed by atoms with E-state index < -0.39 is 0 Å². The lowest BCUT2D eigenvalue weighted by Gasteiger charge is -2.31. The van der Waals surface area contributed by atoms with E-state index >= 15 is 0 Å². The summed E-state index contributed by atoms with van der Waals surface area (Å²) in [7, 11) is 1.96. The Bertz CT molecular complexity index is 395. The van der Waals surface area contributed by atoms with Crippen LogP contribution in [0.15, 0.2) is 0 Å². The Balaban J connectivity index is 2.80. The minimum absolute atomic E-state index is 0.196. The Kier molecular flexibility index (Phi) is 6.24. The molecule has 1 heterocycles. The van der Waals surface area contributed by atoms with E-state index in [1.165, 1.54) is 25.7 Å². The van der Waals surface area contributed by atoms with Crippen LogP contribution in [-0.4, -0.2) is 22.1 Å². The lowest BCUT2D eigenvalue weighted by molar-refractivity contribution is 0.142. The fourth-order valence-corrected chi connectivity index (χ4v) is 3.13. The number of rotatable bonds is 8. The molecular weight excluding hydrogens is 256 g/mol. The van der Waals surface area contributed by atoms with Crippen molar-refractivity contribution in [3.05, 3.63) is 11.4 Å². The summed E-state index contributed by atoms with van der Waals surface area (Å²) in [5.74, 6) is 1.83. The number of ether oxygens (including phenoxy) is 1. The molecule has 1 aromatic heterocycles. The van der Waals surface area contributed by atoms with E-state index in [4.69, 9.17) is 4.74 Å². The maximum atomic E-state index is 6.12. The third kappa shape index (κ3) is 3.91. The first-order chi connectivity index (χ1) is 8.99. The van der Waals surface area contributed by atoms with Crippen LogP contribution in [0, 0.1) is 19.3 Å². The van der Waals surface area contributed by atoms with Crippen LogP contribution >= 0.6 is 12.6 Å². The van der Waals surface area contributed by atoms with E-state index in [1.807, 2.05) is 18.7 Å².